The highest BCUT2D eigenvalue weighted by Gasteiger charge is 2.10. The van der Waals surface area contributed by atoms with Gasteiger partial charge in [-0.1, -0.05) is 23.7 Å². The third-order valence-corrected chi connectivity index (χ3v) is 3.75. The van der Waals surface area contributed by atoms with Crippen molar-refractivity contribution in [3.63, 3.8) is 0 Å². The molecule has 0 spiro atoms. The summed E-state index contributed by atoms with van der Waals surface area (Å²) < 4.78 is 2.66. The summed E-state index contributed by atoms with van der Waals surface area (Å²) in [5.41, 5.74) is 1.95. The van der Waals surface area contributed by atoms with Crippen molar-refractivity contribution in [2.24, 2.45) is 0 Å². The molecule has 3 aromatic rings. The Morgan fingerprint density at radius 2 is 1.83 bits per heavy atom. The Morgan fingerprint density at radius 1 is 1.09 bits per heavy atom. The van der Waals surface area contributed by atoms with E-state index in [1.807, 2.05) is 12.1 Å². The second-order valence-electron chi connectivity index (χ2n) is 5.06. The fourth-order valence-corrected chi connectivity index (χ4v) is 2.50. The van der Waals surface area contributed by atoms with E-state index in [1.54, 1.807) is 36.5 Å². The molecule has 23 heavy (non-hydrogen) atoms. The molecule has 1 aromatic carbocycles. The van der Waals surface area contributed by atoms with Crippen LogP contribution in [0, 0.1) is 0 Å². The Balaban J connectivity index is 1.99. The van der Waals surface area contributed by atoms with Gasteiger partial charge in [-0.05, 0) is 35.9 Å². The van der Waals surface area contributed by atoms with E-state index in [0.29, 0.717) is 22.8 Å². The fraction of sp³-hybridized carbons (Fsp3) is 0.0588. The lowest BCUT2D eigenvalue weighted by atomic mass is 10.2. The predicted molar refractivity (Wildman–Crippen MR) is 88.1 cm³/mol. The average molecular weight is 329 g/mol. The zero-order valence-electron chi connectivity index (χ0n) is 12.0. The summed E-state index contributed by atoms with van der Waals surface area (Å²) in [6, 6.07) is 13.6. The molecular formula is C17H13ClN2O3. The van der Waals surface area contributed by atoms with Crippen molar-refractivity contribution >= 4 is 17.7 Å². The minimum atomic E-state index is -1.07. The van der Waals surface area contributed by atoms with Gasteiger partial charge in [-0.25, -0.2) is 4.79 Å². The molecule has 0 saturated carbocycles. The van der Waals surface area contributed by atoms with Gasteiger partial charge >= 0.3 is 6.09 Å². The van der Waals surface area contributed by atoms with Crippen molar-refractivity contribution in [1.82, 2.24) is 9.13 Å². The number of carboxylic acid groups (broad SMARTS) is 1. The van der Waals surface area contributed by atoms with Gasteiger partial charge in [-0.15, -0.1) is 0 Å². The summed E-state index contributed by atoms with van der Waals surface area (Å²) in [4.78, 5) is 23.3. The molecule has 0 saturated heterocycles. The zero-order valence-corrected chi connectivity index (χ0v) is 12.8. The number of aromatic nitrogens is 2. The van der Waals surface area contributed by atoms with Gasteiger partial charge in [0.25, 0.3) is 5.56 Å². The van der Waals surface area contributed by atoms with E-state index in [2.05, 4.69) is 0 Å². The van der Waals surface area contributed by atoms with Crippen molar-refractivity contribution < 1.29 is 9.90 Å². The van der Waals surface area contributed by atoms with E-state index in [0.717, 1.165) is 10.1 Å². The largest absolute Gasteiger partial charge is 0.464 e. The summed E-state index contributed by atoms with van der Waals surface area (Å²) >= 11 is 5.86. The van der Waals surface area contributed by atoms with Crippen LogP contribution in [0.5, 0.6) is 0 Å². The fourth-order valence-electron chi connectivity index (χ4n) is 2.38. The van der Waals surface area contributed by atoms with Crippen molar-refractivity contribution in [2.45, 2.75) is 6.54 Å². The minimum absolute atomic E-state index is 0.155. The maximum Gasteiger partial charge on any atom is 0.415 e. The second-order valence-corrected chi connectivity index (χ2v) is 5.49. The standard InChI is InChI=1S/C17H13ClN2O3/c18-14-6-3-12(4-7-14)10-19-11-13(5-8-16(19)21)15-2-1-9-20(15)17(22)23/h1-9,11H,10H2,(H,22,23). The highest BCUT2D eigenvalue weighted by atomic mass is 35.5. The van der Waals surface area contributed by atoms with E-state index < -0.39 is 6.09 Å². The number of nitrogens with zero attached hydrogens (tertiary/aromatic N) is 2. The second kappa shape index (κ2) is 6.14. The molecule has 0 aliphatic rings. The van der Waals surface area contributed by atoms with Crippen LogP contribution in [-0.2, 0) is 6.54 Å². The minimum Gasteiger partial charge on any atom is -0.464 e. The van der Waals surface area contributed by atoms with Gasteiger partial charge in [0.1, 0.15) is 0 Å². The number of benzene rings is 1. The maximum absolute atomic E-state index is 12.0. The summed E-state index contributed by atoms with van der Waals surface area (Å²) in [7, 11) is 0. The maximum atomic E-state index is 12.0. The molecule has 5 nitrogen and oxygen atoms in total. The van der Waals surface area contributed by atoms with Crippen LogP contribution in [0.25, 0.3) is 11.3 Å². The number of carbonyl (C=O) groups is 1. The third-order valence-electron chi connectivity index (χ3n) is 3.50. The molecule has 0 aliphatic carbocycles. The summed E-state index contributed by atoms with van der Waals surface area (Å²) in [5.74, 6) is 0. The monoisotopic (exact) mass is 328 g/mol. The van der Waals surface area contributed by atoms with Crippen LogP contribution in [0.1, 0.15) is 5.56 Å². The Hall–Kier alpha value is -2.79. The van der Waals surface area contributed by atoms with Crippen molar-refractivity contribution in [2.75, 3.05) is 0 Å². The van der Waals surface area contributed by atoms with Gasteiger partial charge in [0.2, 0.25) is 0 Å². The summed E-state index contributed by atoms with van der Waals surface area (Å²) in [6.07, 6.45) is 2.05. The van der Waals surface area contributed by atoms with E-state index in [4.69, 9.17) is 11.6 Å². The molecular weight excluding hydrogens is 316 g/mol. The Kier molecular flexibility index (Phi) is 4.04. The number of pyridine rings is 1. The lowest BCUT2D eigenvalue weighted by Gasteiger charge is -2.09. The van der Waals surface area contributed by atoms with Gasteiger partial charge in [-0.3, -0.25) is 9.36 Å². The van der Waals surface area contributed by atoms with E-state index in [1.165, 1.54) is 16.8 Å². The molecule has 0 unspecified atom stereocenters. The van der Waals surface area contributed by atoms with Crippen LogP contribution in [0.4, 0.5) is 4.79 Å². The van der Waals surface area contributed by atoms with Gasteiger partial charge in [0, 0.05) is 29.0 Å². The molecule has 0 amide bonds. The normalized spacial score (nSPS) is 10.7. The number of hydrogen-bond acceptors (Lipinski definition) is 2. The lowest BCUT2D eigenvalue weighted by Crippen LogP contribution is -2.19. The first-order chi connectivity index (χ1) is 11.0. The highest BCUT2D eigenvalue weighted by Crippen LogP contribution is 2.19. The van der Waals surface area contributed by atoms with Crippen molar-refractivity contribution in [3.8, 4) is 11.3 Å². The van der Waals surface area contributed by atoms with Gasteiger partial charge in [0.15, 0.2) is 0 Å². The molecule has 0 fully saturated rings. The van der Waals surface area contributed by atoms with Crippen LogP contribution in [-0.4, -0.2) is 20.3 Å². The van der Waals surface area contributed by atoms with Crippen molar-refractivity contribution in [1.29, 1.82) is 0 Å². The van der Waals surface area contributed by atoms with Gasteiger partial charge < -0.3 is 9.67 Å². The topological polar surface area (TPSA) is 64.2 Å². The third kappa shape index (κ3) is 3.19. The van der Waals surface area contributed by atoms with Gasteiger partial charge in [-0.2, -0.15) is 0 Å². The molecule has 2 heterocycles. The van der Waals surface area contributed by atoms with Crippen LogP contribution in [0.15, 0.2) is 65.7 Å². The Labute approximate surface area is 137 Å². The first-order valence-corrected chi connectivity index (χ1v) is 7.28. The molecule has 0 atom stereocenters. The zero-order chi connectivity index (χ0) is 16.4. The average Bonchev–Trinajstić information content (AvgIpc) is 3.01. The summed E-state index contributed by atoms with van der Waals surface area (Å²) in [5, 5.41) is 9.82. The molecule has 2 aromatic heterocycles. The van der Waals surface area contributed by atoms with Crippen LogP contribution >= 0.6 is 11.6 Å². The highest BCUT2D eigenvalue weighted by molar-refractivity contribution is 6.30. The molecule has 6 heteroatoms. The van der Waals surface area contributed by atoms with Crippen LogP contribution in [0.2, 0.25) is 5.02 Å². The number of rotatable bonds is 3. The van der Waals surface area contributed by atoms with E-state index >= 15 is 0 Å². The quantitative estimate of drug-likeness (QED) is 0.799. The number of halogens is 1. The first-order valence-electron chi connectivity index (χ1n) is 6.90. The van der Waals surface area contributed by atoms with Crippen LogP contribution in [0.3, 0.4) is 0 Å². The van der Waals surface area contributed by atoms with E-state index in [9.17, 15) is 14.7 Å². The molecule has 0 radical (unpaired) electrons. The van der Waals surface area contributed by atoms with Crippen molar-refractivity contribution in [3.05, 3.63) is 81.9 Å². The van der Waals surface area contributed by atoms with E-state index in [-0.39, 0.29) is 5.56 Å². The van der Waals surface area contributed by atoms with Gasteiger partial charge in [0.05, 0.1) is 12.2 Å². The number of hydrogen-bond donors (Lipinski definition) is 1. The Morgan fingerprint density at radius 3 is 2.52 bits per heavy atom. The Bertz CT molecular complexity index is 910. The molecule has 0 aliphatic heterocycles. The summed E-state index contributed by atoms with van der Waals surface area (Å²) in [6.45, 7) is 0.387. The lowest BCUT2D eigenvalue weighted by molar-refractivity contribution is 0.197. The first kappa shape index (κ1) is 15.1. The molecule has 1 N–H and O–H groups in total. The SMILES string of the molecule is O=C(O)n1cccc1-c1ccc(=O)n(Cc2ccc(Cl)cc2)c1. The molecule has 3 rings (SSSR count). The molecule has 0 bridgehead atoms. The smallest absolute Gasteiger partial charge is 0.415 e. The van der Waals surface area contributed by atoms with Crippen LogP contribution < -0.4 is 5.56 Å². The predicted octanol–water partition coefficient (Wildman–Crippen LogP) is 3.54. The molecule has 116 valence electrons.